The number of para-hydroxylation sites is 2. The standard InChI is InChI=1S/C49H37NO/c1-4-5-6-7-15-33-24-26-36(27-25-33)50(37-28-29-39-38-18-10-12-22-44(38)49(2,3)45(39)32-37)46-23-13-11-19-40(46)41-20-14-21-42-43-30-34-16-8-9-17-35(34)31-47(43)51-48(41)42/h4-32H,1H2,2-3H3/b6-5-,15-7+. The fourth-order valence-electron chi connectivity index (χ4n) is 7.89. The van der Waals surface area contributed by atoms with Gasteiger partial charge in [0.15, 0.2) is 0 Å². The van der Waals surface area contributed by atoms with Crippen molar-refractivity contribution in [2.75, 3.05) is 4.90 Å². The predicted octanol–water partition coefficient (Wildman–Crippen LogP) is 13.9. The van der Waals surface area contributed by atoms with Crippen molar-refractivity contribution in [2.24, 2.45) is 0 Å². The van der Waals surface area contributed by atoms with E-state index in [0.717, 1.165) is 55.7 Å². The van der Waals surface area contributed by atoms with Crippen LogP contribution in [-0.4, -0.2) is 0 Å². The van der Waals surface area contributed by atoms with E-state index < -0.39 is 0 Å². The van der Waals surface area contributed by atoms with Gasteiger partial charge in [0.25, 0.3) is 0 Å². The summed E-state index contributed by atoms with van der Waals surface area (Å²) in [5.41, 5.74) is 13.6. The third-order valence-corrected chi connectivity index (χ3v) is 10.4. The fourth-order valence-corrected chi connectivity index (χ4v) is 7.89. The normalized spacial score (nSPS) is 13.4. The third-order valence-electron chi connectivity index (χ3n) is 10.4. The Bertz CT molecular complexity index is 2690. The van der Waals surface area contributed by atoms with Crippen LogP contribution in [0, 0.1) is 0 Å². The number of anilines is 3. The molecule has 7 aromatic carbocycles. The number of fused-ring (bicyclic) bond motifs is 7. The molecule has 2 heteroatoms. The van der Waals surface area contributed by atoms with Crippen LogP contribution in [0.25, 0.3) is 61.0 Å². The Kier molecular flexibility index (Phi) is 7.33. The Morgan fingerprint density at radius 3 is 2.06 bits per heavy atom. The van der Waals surface area contributed by atoms with Crippen molar-refractivity contribution in [1.82, 2.24) is 0 Å². The molecule has 0 fully saturated rings. The smallest absolute Gasteiger partial charge is 0.143 e. The molecule has 0 atom stereocenters. The van der Waals surface area contributed by atoms with Gasteiger partial charge in [0.2, 0.25) is 0 Å². The largest absolute Gasteiger partial charge is 0.455 e. The van der Waals surface area contributed by atoms with Gasteiger partial charge in [0.1, 0.15) is 11.2 Å². The molecule has 0 bridgehead atoms. The van der Waals surface area contributed by atoms with Gasteiger partial charge in [-0.1, -0.05) is 154 Å². The highest BCUT2D eigenvalue weighted by molar-refractivity contribution is 6.14. The highest BCUT2D eigenvalue weighted by Gasteiger charge is 2.36. The van der Waals surface area contributed by atoms with Gasteiger partial charge in [-0.25, -0.2) is 0 Å². The topological polar surface area (TPSA) is 16.4 Å². The van der Waals surface area contributed by atoms with E-state index in [4.69, 9.17) is 4.42 Å². The number of allylic oxidation sites excluding steroid dienone is 4. The second kappa shape index (κ2) is 12.2. The molecule has 51 heavy (non-hydrogen) atoms. The van der Waals surface area contributed by atoms with Gasteiger partial charge in [-0.2, -0.15) is 0 Å². The van der Waals surface area contributed by atoms with Gasteiger partial charge >= 0.3 is 0 Å². The van der Waals surface area contributed by atoms with E-state index in [1.54, 1.807) is 6.08 Å². The van der Waals surface area contributed by atoms with Crippen LogP contribution in [-0.2, 0) is 5.41 Å². The molecule has 1 aromatic heterocycles. The summed E-state index contributed by atoms with van der Waals surface area (Å²) < 4.78 is 6.75. The van der Waals surface area contributed by atoms with E-state index in [1.165, 1.54) is 33.0 Å². The second-order valence-corrected chi connectivity index (χ2v) is 13.8. The molecule has 1 aliphatic carbocycles. The van der Waals surface area contributed by atoms with Crippen molar-refractivity contribution >= 4 is 55.8 Å². The Morgan fingerprint density at radius 2 is 1.24 bits per heavy atom. The van der Waals surface area contributed by atoms with Crippen molar-refractivity contribution in [2.45, 2.75) is 19.3 Å². The minimum absolute atomic E-state index is 0.121. The lowest BCUT2D eigenvalue weighted by atomic mass is 9.82. The number of hydrogen-bond acceptors (Lipinski definition) is 2. The fraction of sp³-hybridized carbons (Fsp3) is 0.0612. The minimum atomic E-state index is -0.121. The van der Waals surface area contributed by atoms with Crippen LogP contribution < -0.4 is 4.90 Å². The van der Waals surface area contributed by atoms with E-state index in [2.05, 4.69) is 177 Å². The summed E-state index contributed by atoms with van der Waals surface area (Å²) >= 11 is 0. The Labute approximate surface area is 298 Å². The first-order valence-corrected chi connectivity index (χ1v) is 17.5. The van der Waals surface area contributed by atoms with Gasteiger partial charge < -0.3 is 9.32 Å². The van der Waals surface area contributed by atoms with Crippen LogP contribution in [0.15, 0.2) is 181 Å². The van der Waals surface area contributed by atoms with E-state index >= 15 is 0 Å². The van der Waals surface area contributed by atoms with Crippen LogP contribution >= 0.6 is 0 Å². The Hall–Kier alpha value is -6.38. The molecular weight excluding hydrogens is 619 g/mol. The first-order valence-electron chi connectivity index (χ1n) is 17.5. The van der Waals surface area contributed by atoms with E-state index in [9.17, 15) is 0 Å². The molecular formula is C49H37NO. The van der Waals surface area contributed by atoms with Gasteiger partial charge in [0, 0.05) is 38.7 Å². The molecule has 0 N–H and O–H groups in total. The van der Waals surface area contributed by atoms with Gasteiger partial charge in [-0.05, 0) is 81.1 Å². The SMILES string of the molecule is C=C/C=C\C=C\c1ccc(N(c2ccc3c(c2)C(C)(C)c2ccccc2-3)c2ccccc2-c2cccc3c2oc2cc4ccccc4cc23)cc1. The molecule has 2 nitrogen and oxygen atoms in total. The van der Waals surface area contributed by atoms with Gasteiger partial charge in [0.05, 0.1) is 5.69 Å². The number of furan rings is 1. The predicted molar refractivity (Wildman–Crippen MR) is 217 cm³/mol. The number of nitrogens with zero attached hydrogens (tertiary/aromatic N) is 1. The monoisotopic (exact) mass is 655 g/mol. The average molecular weight is 656 g/mol. The maximum Gasteiger partial charge on any atom is 0.143 e. The van der Waals surface area contributed by atoms with Gasteiger partial charge in [-0.3, -0.25) is 0 Å². The quantitative estimate of drug-likeness (QED) is 0.159. The molecule has 0 saturated carbocycles. The number of rotatable bonds is 7. The lowest BCUT2D eigenvalue weighted by molar-refractivity contribution is 0.660. The highest BCUT2D eigenvalue weighted by atomic mass is 16.3. The molecule has 0 aliphatic heterocycles. The molecule has 0 saturated heterocycles. The van der Waals surface area contributed by atoms with Crippen molar-refractivity contribution < 1.29 is 4.42 Å². The molecule has 0 radical (unpaired) electrons. The summed E-state index contributed by atoms with van der Waals surface area (Å²) in [4.78, 5) is 2.40. The second-order valence-electron chi connectivity index (χ2n) is 13.8. The van der Waals surface area contributed by atoms with Gasteiger partial charge in [-0.15, -0.1) is 0 Å². The lowest BCUT2D eigenvalue weighted by Gasteiger charge is -2.30. The van der Waals surface area contributed by atoms with Crippen LogP contribution in [0.2, 0.25) is 0 Å². The number of benzene rings is 7. The van der Waals surface area contributed by atoms with Crippen molar-refractivity contribution in [3.63, 3.8) is 0 Å². The summed E-state index contributed by atoms with van der Waals surface area (Å²) in [5.74, 6) is 0. The average Bonchev–Trinajstić information content (AvgIpc) is 3.64. The molecule has 1 heterocycles. The molecule has 0 spiro atoms. The Morgan fingerprint density at radius 1 is 0.549 bits per heavy atom. The maximum atomic E-state index is 6.75. The van der Waals surface area contributed by atoms with E-state index in [-0.39, 0.29) is 5.41 Å². The summed E-state index contributed by atoms with van der Waals surface area (Å²) in [6, 6.07) is 52.7. The maximum absolute atomic E-state index is 6.75. The number of hydrogen-bond donors (Lipinski definition) is 0. The molecule has 244 valence electrons. The van der Waals surface area contributed by atoms with Crippen LogP contribution in [0.4, 0.5) is 17.1 Å². The summed E-state index contributed by atoms with van der Waals surface area (Å²) in [6.45, 7) is 8.45. The molecule has 0 amide bonds. The first kappa shape index (κ1) is 30.7. The molecule has 0 unspecified atom stereocenters. The summed E-state index contributed by atoms with van der Waals surface area (Å²) in [7, 11) is 0. The van der Waals surface area contributed by atoms with Crippen LogP contribution in [0.5, 0.6) is 0 Å². The summed E-state index contributed by atoms with van der Waals surface area (Å²) in [6.07, 6.45) is 9.87. The van der Waals surface area contributed by atoms with Crippen molar-refractivity contribution in [3.8, 4) is 22.3 Å². The minimum Gasteiger partial charge on any atom is -0.455 e. The lowest BCUT2D eigenvalue weighted by Crippen LogP contribution is -2.16. The van der Waals surface area contributed by atoms with E-state index in [1.807, 2.05) is 18.2 Å². The summed E-state index contributed by atoms with van der Waals surface area (Å²) in [5, 5.41) is 4.63. The molecule has 1 aliphatic rings. The van der Waals surface area contributed by atoms with Crippen LogP contribution in [0.1, 0.15) is 30.5 Å². The highest BCUT2D eigenvalue weighted by Crippen LogP contribution is 2.51. The zero-order chi connectivity index (χ0) is 34.5. The first-order chi connectivity index (χ1) is 25.0. The van der Waals surface area contributed by atoms with E-state index in [0.29, 0.717) is 0 Å². The van der Waals surface area contributed by atoms with Crippen molar-refractivity contribution in [1.29, 1.82) is 0 Å². The Balaban J connectivity index is 1.24. The third kappa shape index (κ3) is 5.11. The zero-order valence-electron chi connectivity index (χ0n) is 28.8. The molecule has 8 aromatic rings. The molecule has 9 rings (SSSR count). The zero-order valence-corrected chi connectivity index (χ0v) is 28.8. The van der Waals surface area contributed by atoms with Crippen LogP contribution in [0.3, 0.4) is 0 Å². The van der Waals surface area contributed by atoms with Crippen molar-refractivity contribution in [3.05, 3.63) is 193 Å².